The van der Waals surface area contributed by atoms with Crippen molar-refractivity contribution in [2.45, 2.75) is 72.4 Å². The molecule has 1 atom stereocenters. The van der Waals surface area contributed by atoms with Crippen LogP contribution in [0.15, 0.2) is 0 Å². The monoisotopic (exact) mass is 228 g/mol. The zero-order valence-corrected chi connectivity index (χ0v) is 12.2. The molecule has 2 N–H and O–H groups in total. The van der Waals surface area contributed by atoms with Crippen molar-refractivity contribution in [2.75, 3.05) is 13.1 Å². The number of hydrogen-bond donors (Lipinski definition) is 1. The van der Waals surface area contributed by atoms with Gasteiger partial charge in [0.2, 0.25) is 0 Å². The molecule has 98 valence electrons. The molecule has 0 fully saturated rings. The van der Waals surface area contributed by atoms with E-state index < -0.39 is 0 Å². The molecule has 0 aromatic carbocycles. The number of nitrogens with zero attached hydrogens (tertiary/aromatic N) is 1. The largest absolute Gasteiger partial charge is 0.326 e. The van der Waals surface area contributed by atoms with Gasteiger partial charge in [-0.1, -0.05) is 40.5 Å². The average Bonchev–Trinajstić information content (AvgIpc) is 2.26. The SMILES string of the molecule is CCC(CC)CC(N)C(C)(C)N(CC)CC. The lowest BCUT2D eigenvalue weighted by molar-refractivity contribution is 0.0953. The van der Waals surface area contributed by atoms with Crippen LogP contribution in [-0.2, 0) is 0 Å². The van der Waals surface area contributed by atoms with Gasteiger partial charge in [0.1, 0.15) is 0 Å². The third-order valence-corrected chi connectivity index (χ3v) is 4.23. The fraction of sp³-hybridized carbons (Fsp3) is 1.00. The van der Waals surface area contributed by atoms with Crippen LogP contribution in [0.25, 0.3) is 0 Å². The van der Waals surface area contributed by atoms with Crippen molar-refractivity contribution in [3.8, 4) is 0 Å². The lowest BCUT2D eigenvalue weighted by Crippen LogP contribution is -2.56. The summed E-state index contributed by atoms with van der Waals surface area (Å²) in [6.45, 7) is 15.7. The third kappa shape index (κ3) is 4.06. The third-order valence-electron chi connectivity index (χ3n) is 4.23. The molecule has 0 aliphatic heterocycles. The second-order valence-corrected chi connectivity index (χ2v) is 5.35. The molecule has 0 heterocycles. The van der Waals surface area contributed by atoms with Crippen LogP contribution in [0, 0.1) is 5.92 Å². The van der Waals surface area contributed by atoms with E-state index in [2.05, 4.69) is 46.4 Å². The summed E-state index contributed by atoms with van der Waals surface area (Å²) in [5.74, 6) is 0.782. The van der Waals surface area contributed by atoms with E-state index in [4.69, 9.17) is 5.73 Å². The molecular weight excluding hydrogens is 196 g/mol. The van der Waals surface area contributed by atoms with Crippen LogP contribution < -0.4 is 5.73 Å². The predicted octanol–water partition coefficient (Wildman–Crippen LogP) is 3.26. The van der Waals surface area contributed by atoms with E-state index in [9.17, 15) is 0 Å². The summed E-state index contributed by atoms with van der Waals surface area (Å²) >= 11 is 0. The van der Waals surface area contributed by atoms with Crippen LogP contribution in [0.1, 0.15) is 60.8 Å². The van der Waals surface area contributed by atoms with Gasteiger partial charge in [-0.2, -0.15) is 0 Å². The summed E-state index contributed by atoms with van der Waals surface area (Å²) < 4.78 is 0. The number of likely N-dealkylation sites (N-methyl/N-ethyl adjacent to an activating group) is 1. The van der Waals surface area contributed by atoms with Crippen LogP contribution in [0.3, 0.4) is 0 Å². The maximum absolute atomic E-state index is 6.41. The first-order chi connectivity index (χ1) is 7.43. The number of hydrogen-bond acceptors (Lipinski definition) is 2. The van der Waals surface area contributed by atoms with Crippen molar-refractivity contribution >= 4 is 0 Å². The molecule has 2 heteroatoms. The molecule has 0 aromatic heterocycles. The molecular formula is C14H32N2. The first-order valence-corrected chi connectivity index (χ1v) is 6.94. The predicted molar refractivity (Wildman–Crippen MR) is 73.7 cm³/mol. The highest BCUT2D eigenvalue weighted by Crippen LogP contribution is 2.24. The Bertz CT molecular complexity index is 170. The Morgan fingerprint density at radius 1 is 1.00 bits per heavy atom. The minimum atomic E-state index is 0.117. The van der Waals surface area contributed by atoms with Crippen molar-refractivity contribution in [2.24, 2.45) is 11.7 Å². The van der Waals surface area contributed by atoms with Crippen molar-refractivity contribution in [1.82, 2.24) is 4.90 Å². The minimum absolute atomic E-state index is 0.117. The van der Waals surface area contributed by atoms with Gasteiger partial charge in [-0.15, -0.1) is 0 Å². The van der Waals surface area contributed by atoms with Crippen LogP contribution in [0.5, 0.6) is 0 Å². The lowest BCUT2D eigenvalue weighted by Gasteiger charge is -2.42. The van der Waals surface area contributed by atoms with E-state index in [1.807, 2.05) is 0 Å². The van der Waals surface area contributed by atoms with Gasteiger partial charge in [0.05, 0.1) is 0 Å². The summed E-state index contributed by atoms with van der Waals surface area (Å²) in [4.78, 5) is 2.47. The summed E-state index contributed by atoms with van der Waals surface area (Å²) in [5, 5.41) is 0. The summed E-state index contributed by atoms with van der Waals surface area (Å²) in [6, 6.07) is 0.275. The van der Waals surface area contributed by atoms with Crippen LogP contribution in [0.4, 0.5) is 0 Å². The van der Waals surface area contributed by atoms with Gasteiger partial charge in [0.15, 0.2) is 0 Å². The minimum Gasteiger partial charge on any atom is -0.326 e. The van der Waals surface area contributed by atoms with Crippen molar-refractivity contribution in [3.05, 3.63) is 0 Å². The Morgan fingerprint density at radius 3 is 1.75 bits per heavy atom. The van der Waals surface area contributed by atoms with Gasteiger partial charge in [0, 0.05) is 11.6 Å². The molecule has 0 bridgehead atoms. The Balaban J connectivity index is 4.48. The Morgan fingerprint density at radius 2 is 1.44 bits per heavy atom. The first-order valence-electron chi connectivity index (χ1n) is 6.94. The molecule has 0 aliphatic carbocycles. The fourth-order valence-corrected chi connectivity index (χ4v) is 2.54. The molecule has 0 saturated carbocycles. The highest BCUT2D eigenvalue weighted by Gasteiger charge is 2.32. The van der Waals surface area contributed by atoms with Crippen molar-refractivity contribution in [3.63, 3.8) is 0 Å². The standard InChI is InChI=1S/C14H32N2/c1-7-12(8-2)11-13(15)14(5,6)16(9-3)10-4/h12-13H,7-11,15H2,1-6H3. The zero-order valence-electron chi connectivity index (χ0n) is 12.2. The van der Waals surface area contributed by atoms with Crippen molar-refractivity contribution < 1.29 is 0 Å². The Kier molecular flexibility index (Phi) is 7.25. The Hall–Kier alpha value is -0.0800. The summed E-state index contributed by atoms with van der Waals surface area (Å²) in [5.41, 5.74) is 6.53. The molecule has 2 nitrogen and oxygen atoms in total. The van der Waals surface area contributed by atoms with Gasteiger partial charge in [0.25, 0.3) is 0 Å². The molecule has 0 rings (SSSR count). The van der Waals surface area contributed by atoms with E-state index in [1.165, 1.54) is 12.8 Å². The summed E-state index contributed by atoms with van der Waals surface area (Å²) in [7, 11) is 0. The second-order valence-electron chi connectivity index (χ2n) is 5.35. The van der Waals surface area contributed by atoms with Gasteiger partial charge in [-0.25, -0.2) is 0 Å². The van der Waals surface area contributed by atoms with Crippen LogP contribution >= 0.6 is 0 Å². The van der Waals surface area contributed by atoms with Gasteiger partial charge in [-0.3, -0.25) is 4.90 Å². The Labute approximate surface area is 103 Å². The molecule has 0 aromatic rings. The average molecular weight is 228 g/mol. The molecule has 0 saturated heterocycles. The van der Waals surface area contributed by atoms with Gasteiger partial charge >= 0.3 is 0 Å². The molecule has 0 amide bonds. The maximum atomic E-state index is 6.41. The van der Waals surface area contributed by atoms with Crippen molar-refractivity contribution in [1.29, 1.82) is 0 Å². The second kappa shape index (κ2) is 7.29. The van der Waals surface area contributed by atoms with E-state index in [-0.39, 0.29) is 11.6 Å². The van der Waals surface area contributed by atoms with Crippen LogP contribution in [0.2, 0.25) is 0 Å². The maximum Gasteiger partial charge on any atom is 0.0303 e. The van der Waals surface area contributed by atoms with E-state index in [0.29, 0.717) is 0 Å². The van der Waals surface area contributed by atoms with Crippen LogP contribution in [-0.4, -0.2) is 29.6 Å². The highest BCUT2D eigenvalue weighted by atomic mass is 15.2. The number of rotatable bonds is 8. The topological polar surface area (TPSA) is 29.3 Å². The molecule has 0 spiro atoms. The molecule has 16 heavy (non-hydrogen) atoms. The quantitative estimate of drug-likeness (QED) is 0.691. The van der Waals surface area contributed by atoms with E-state index in [1.54, 1.807) is 0 Å². The fourth-order valence-electron chi connectivity index (χ4n) is 2.54. The summed E-state index contributed by atoms with van der Waals surface area (Å²) in [6.07, 6.45) is 3.65. The molecule has 0 radical (unpaired) electrons. The lowest BCUT2D eigenvalue weighted by atomic mass is 9.84. The smallest absolute Gasteiger partial charge is 0.0303 e. The normalized spacial score (nSPS) is 14.8. The van der Waals surface area contributed by atoms with E-state index in [0.717, 1.165) is 25.4 Å². The molecule has 1 unspecified atom stereocenters. The molecule has 0 aliphatic rings. The van der Waals surface area contributed by atoms with Gasteiger partial charge < -0.3 is 5.73 Å². The number of nitrogens with two attached hydrogens (primary N) is 1. The zero-order chi connectivity index (χ0) is 12.8. The highest BCUT2D eigenvalue weighted by molar-refractivity contribution is 4.91. The van der Waals surface area contributed by atoms with E-state index >= 15 is 0 Å². The van der Waals surface area contributed by atoms with Gasteiger partial charge in [-0.05, 0) is 39.3 Å². The first kappa shape index (κ1) is 15.9.